The lowest BCUT2D eigenvalue weighted by atomic mass is 10.1. The Morgan fingerprint density at radius 3 is 2.74 bits per heavy atom. The van der Waals surface area contributed by atoms with E-state index in [4.69, 9.17) is 5.73 Å². The summed E-state index contributed by atoms with van der Waals surface area (Å²) >= 11 is 0. The Labute approximate surface area is 111 Å². The standard InChI is InChI=1S/C13H18FN3O2/c1-9(7-15)17-13(19)8-16-12(18)6-10-3-2-4-11(14)5-10/h2-5,9H,6-8,15H2,1H3,(H,16,18)(H,17,19)/t9-/m0/s1. The second-order valence-corrected chi connectivity index (χ2v) is 4.29. The van der Waals surface area contributed by atoms with Crippen molar-refractivity contribution in [1.29, 1.82) is 0 Å². The molecule has 2 amide bonds. The fourth-order valence-electron chi connectivity index (χ4n) is 1.46. The average molecular weight is 267 g/mol. The zero-order chi connectivity index (χ0) is 14.3. The molecule has 0 fully saturated rings. The number of rotatable bonds is 6. The van der Waals surface area contributed by atoms with E-state index in [1.807, 2.05) is 0 Å². The first-order valence-electron chi connectivity index (χ1n) is 6.02. The highest BCUT2D eigenvalue weighted by Crippen LogP contribution is 2.03. The second kappa shape index (κ2) is 7.48. The minimum Gasteiger partial charge on any atom is -0.351 e. The van der Waals surface area contributed by atoms with Crippen LogP contribution in [0.5, 0.6) is 0 Å². The van der Waals surface area contributed by atoms with E-state index in [0.29, 0.717) is 12.1 Å². The van der Waals surface area contributed by atoms with Crippen LogP contribution in [0.3, 0.4) is 0 Å². The van der Waals surface area contributed by atoms with Crippen LogP contribution < -0.4 is 16.4 Å². The number of hydrogen-bond donors (Lipinski definition) is 3. The van der Waals surface area contributed by atoms with Gasteiger partial charge in [-0.25, -0.2) is 4.39 Å². The van der Waals surface area contributed by atoms with Crippen molar-refractivity contribution >= 4 is 11.8 Å². The van der Waals surface area contributed by atoms with Crippen molar-refractivity contribution in [1.82, 2.24) is 10.6 Å². The van der Waals surface area contributed by atoms with Gasteiger partial charge in [0.2, 0.25) is 11.8 Å². The molecule has 0 unspecified atom stereocenters. The number of amides is 2. The topological polar surface area (TPSA) is 84.2 Å². The zero-order valence-corrected chi connectivity index (χ0v) is 10.8. The maximum Gasteiger partial charge on any atom is 0.239 e. The summed E-state index contributed by atoms with van der Waals surface area (Å²) in [6.07, 6.45) is 0.0392. The third-order valence-corrected chi connectivity index (χ3v) is 2.46. The third kappa shape index (κ3) is 5.96. The average Bonchev–Trinajstić information content (AvgIpc) is 2.36. The minimum absolute atomic E-state index is 0.0392. The first-order chi connectivity index (χ1) is 9.01. The number of hydrogen-bond acceptors (Lipinski definition) is 3. The summed E-state index contributed by atoms with van der Waals surface area (Å²) in [4.78, 5) is 22.9. The van der Waals surface area contributed by atoms with E-state index in [-0.39, 0.29) is 36.6 Å². The van der Waals surface area contributed by atoms with Crippen LogP contribution in [0.1, 0.15) is 12.5 Å². The Hall–Kier alpha value is -1.95. The quantitative estimate of drug-likeness (QED) is 0.675. The van der Waals surface area contributed by atoms with E-state index in [2.05, 4.69) is 10.6 Å². The molecule has 1 atom stereocenters. The molecule has 104 valence electrons. The molecule has 0 aliphatic rings. The normalized spacial score (nSPS) is 11.7. The van der Waals surface area contributed by atoms with Gasteiger partial charge in [0.1, 0.15) is 5.82 Å². The molecule has 0 aliphatic carbocycles. The zero-order valence-electron chi connectivity index (χ0n) is 10.8. The Balaban J connectivity index is 2.34. The Morgan fingerprint density at radius 1 is 1.37 bits per heavy atom. The Morgan fingerprint density at radius 2 is 2.11 bits per heavy atom. The third-order valence-electron chi connectivity index (χ3n) is 2.46. The Kier molecular flexibility index (Phi) is 5.95. The van der Waals surface area contributed by atoms with Gasteiger partial charge in [0.05, 0.1) is 13.0 Å². The highest BCUT2D eigenvalue weighted by molar-refractivity contribution is 5.85. The van der Waals surface area contributed by atoms with Crippen molar-refractivity contribution in [3.63, 3.8) is 0 Å². The lowest BCUT2D eigenvalue weighted by Crippen LogP contribution is -2.43. The van der Waals surface area contributed by atoms with Crippen molar-refractivity contribution in [2.24, 2.45) is 5.73 Å². The summed E-state index contributed by atoms with van der Waals surface area (Å²) in [6.45, 7) is 1.99. The number of benzene rings is 1. The van der Waals surface area contributed by atoms with Gasteiger partial charge < -0.3 is 16.4 Å². The van der Waals surface area contributed by atoms with Gasteiger partial charge in [-0.1, -0.05) is 12.1 Å². The van der Waals surface area contributed by atoms with Crippen LogP contribution in [0.25, 0.3) is 0 Å². The molecule has 0 aliphatic heterocycles. The summed E-state index contributed by atoms with van der Waals surface area (Å²) in [6, 6.07) is 5.65. The van der Waals surface area contributed by atoms with Crippen LogP contribution >= 0.6 is 0 Å². The molecule has 1 rings (SSSR count). The van der Waals surface area contributed by atoms with E-state index in [1.165, 1.54) is 18.2 Å². The highest BCUT2D eigenvalue weighted by Gasteiger charge is 2.08. The summed E-state index contributed by atoms with van der Waals surface area (Å²) in [5.74, 6) is -1.02. The summed E-state index contributed by atoms with van der Waals surface area (Å²) in [7, 11) is 0. The van der Waals surface area contributed by atoms with Gasteiger partial charge in [0.15, 0.2) is 0 Å². The maximum atomic E-state index is 12.9. The van der Waals surface area contributed by atoms with E-state index in [9.17, 15) is 14.0 Å². The number of nitrogens with two attached hydrogens (primary N) is 1. The monoisotopic (exact) mass is 267 g/mol. The highest BCUT2D eigenvalue weighted by atomic mass is 19.1. The molecule has 0 spiro atoms. The van der Waals surface area contributed by atoms with Gasteiger partial charge in [-0.3, -0.25) is 9.59 Å². The smallest absolute Gasteiger partial charge is 0.239 e. The van der Waals surface area contributed by atoms with Gasteiger partial charge >= 0.3 is 0 Å². The molecular formula is C13H18FN3O2. The molecule has 19 heavy (non-hydrogen) atoms. The molecule has 4 N–H and O–H groups in total. The van der Waals surface area contributed by atoms with Crippen LogP contribution in [0.4, 0.5) is 4.39 Å². The molecule has 1 aromatic rings. The second-order valence-electron chi connectivity index (χ2n) is 4.29. The van der Waals surface area contributed by atoms with Crippen molar-refractivity contribution in [3.8, 4) is 0 Å². The molecular weight excluding hydrogens is 249 g/mol. The summed E-state index contributed by atoms with van der Waals surface area (Å²) in [5, 5.41) is 5.08. The van der Waals surface area contributed by atoms with Gasteiger partial charge in [-0.05, 0) is 24.6 Å². The van der Waals surface area contributed by atoms with Gasteiger partial charge in [0, 0.05) is 12.6 Å². The summed E-state index contributed by atoms with van der Waals surface area (Å²) in [5.41, 5.74) is 5.92. The lowest BCUT2D eigenvalue weighted by molar-refractivity contribution is -0.126. The molecule has 0 saturated heterocycles. The van der Waals surface area contributed by atoms with E-state index in [1.54, 1.807) is 13.0 Å². The SMILES string of the molecule is C[C@@H](CN)NC(=O)CNC(=O)Cc1cccc(F)c1. The van der Waals surface area contributed by atoms with Crippen LogP contribution in [0, 0.1) is 5.82 Å². The molecule has 0 radical (unpaired) electrons. The van der Waals surface area contributed by atoms with E-state index >= 15 is 0 Å². The molecule has 0 heterocycles. The molecule has 0 aromatic heterocycles. The minimum atomic E-state index is -0.389. The number of nitrogens with one attached hydrogen (secondary N) is 2. The van der Waals surface area contributed by atoms with Crippen molar-refractivity contribution in [2.75, 3.05) is 13.1 Å². The molecule has 5 nitrogen and oxygen atoms in total. The maximum absolute atomic E-state index is 12.9. The van der Waals surface area contributed by atoms with E-state index in [0.717, 1.165) is 0 Å². The van der Waals surface area contributed by atoms with Crippen molar-refractivity contribution in [2.45, 2.75) is 19.4 Å². The largest absolute Gasteiger partial charge is 0.351 e. The molecule has 0 bridgehead atoms. The number of halogens is 1. The van der Waals surface area contributed by atoms with E-state index < -0.39 is 0 Å². The van der Waals surface area contributed by atoms with Crippen molar-refractivity contribution < 1.29 is 14.0 Å². The van der Waals surface area contributed by atoms with Gasteiger partial charge in [0.25, 0.3) is 0 Å². The fourth-order valence-corrected chi connectivity index (χ4v) is 1.46. The predicted octanol–water partition coefficient (Wildman–Crippen LogP) is -0.0522. The predicted molar refractivity (Wildman–Crippen MR) is 69.8 cm³/mol. The van der Waals surface area contributed by atoms with Gasteiger partial charge in [-0.15, -0.1) is 0 Å². The van der Waals surface area contributed by atoms with Crippen LogP contribution in [-0.4, -0.2) is 30.9 Å². The molecule has 1 aromatic carbocycles. The number of carbonyl (C=O) groups excluding carboxylic acids is 2. The van der Waals surface area contributed by atoms with Crippen LogP contribution in [0.2, 0.25) is 0 Å². The molecule has 6 heteroatoms. The van der Waals surface area contributed by atoms with Gasteiger partial charge in [-0.2, -0.15) is 0 Å². The lowest BCUT2D eigenvalue weighted by Gasteiger charge is -2.11. The first-order valence-corrected chi connectivity index (χ1v) is 6.02. The molecule has 0 saturated carbocycles. The number of carbonyl (C=O) groups is 2. The first kappa shape index (κ1) is 15.1. The van der Waals surface area contributed by atoms with Crippen molar-refractivity contribution in [3.05, 3.63) is 35.6 Å². The van der Waals surface area contributed by atoms with Crippen LogP contribution in [-0.2, 0) is 16.0 Å². The fraction of sp³-hybridized carbons (Fsp3) is 0.385. The Bertz CT molecular complexity index is 451. The summed E-state index contributed by atoms with van der Waals surface area (Å²) < 4.78 is 12.9. The van der Waals surface area contributed by atoms with Crippen LogP contribution in [0.15, 0.2) is 24.3 Å².